The number of carboxylic acid groups (broad SMARTS) is 3. The van der Waals surface area contributed by atoms with Gasteiger partial charge in [0, 0.05) is 5.92 Å². The Bertz CT molecular complexity index is 1730. The number of carboxylic acids is 3. The van der Waals surface area contributed by atoms with Crippen LogP contribution in [0, 0.1) is 50.2 Å². The van der Waals surface area contributed by atoms with Crippen LogP contribution in [-0.4, -0.2) is 101 Å². The molecule has 0 spiro atoms. The number of allylic oxidation sites excluding steroid dienone is 2. The lowest BCUT2D eigenvalue weighted by atomic mass is 9.33. The molecule has 0 saturated heterocycles. The van der Waals surface area contributed by atoms with Gasteiger partial charge in [-0.05, 0) is 116 Å². The molecule has 0 aromatic carbocycles. The molecule has 5 aliphatic rings. The van der Waals surface area contributed by atoms with E-state index in [4.69, 9.17) is 14.6 Å². The first-order chi connectivity index (χ1) is 26.2. The molecule has 5 aliphatic carbocycles. The van der Waals surface area contributed by atoms with Crippen LogP contribution >= 0.6 is 0 Å². The molecule has 0 heterocycles. The van der Waals surface area contributed by atoms with Gasteiger partial charge in [0.05, 0.1) is 30.5 Å². The van der Waals surface area contributed by atoms with Gasteiger partial charge in [-0.2, -0.15) is 0 Å². The number of aliphatic hydroxyl groups excluding tert-OH is 6. The molecule has 4 saturated carbocycles. The molecule has 5 rings (SSSR count). The molecule has 15 nitrogen and oxygen atoms in total. The summed E-state index contributed by atoms with van der Waals surface area (Å²) in [6.45, 7) is 14.7. The van der Waals surface area contributed by atoms with Gasteiger partial charge in [-0.15, -0.1) is 0 Å². The molecule has 320 valence electrons. The summed E-state index contributed by atoms with van der Waals surface area (Å²) in [4.78, 5) is 49.5. The van der Waals surface area contributed by atoms with Crippen LogP contribution in [0.3, 0.4) is 0 Å². The van der Waals surface area contributed by atoms with Gasteiger partial charge in [-0.25, -0.2) is 0 Å². The third kappa shape index (κ3) is 7.63. The molecule has 0 amide bonds. The third-order valence-corrected chi connectivity index (χ3v) is 15.7. The molecule has 57 heavy (non-hydrogen) atoms. The van der Waals surface area contributed by atoms with Crippen LogP contribution in [0.4, 0.5) is 0 Å². The van der Waals surface area contributed by atoms with Crippen molar-refractivity contribution in [3.05, 3.63) is 35.0 Å². The zero-order chi connectivity index (χ0) is 42.8. The highest BCUT2D eigenvalue weighted by atomic mass is 16.7. The van der Waals surface area contributed by atoms with E-state index in [1.54, 1.807) is 0 Å². The van der Waals surface area contributed by atoms with Gasteiger partial charge in [-0.3, -0.25) is 19.2 Å². The highest BCUT2D eigenvalue weighted by Gasteiger charge is 2.70. The number of fused-ring (bicyclic) bond motifs is 7. The Morgan fingerprint density at radius 3 is 2.00 bits per heavy atom. The molecular formula is C42H62O15. The SMILES string of the molecule is CC1(C)[C@@H](O[C@@H](O)/C(=C/[C@H](O)CC(=O)O)O[C@@H](O)/C(O)=C(/O)[C@H](O)CC(=O)O)CC[C@]2(C)[C@H]3C(=O)C=C4[C@@H]5C[C@@](C)(C(=O)O)CC[C@]5(C)CC[C@@]4(C)[C@]3(C)CC[C@@H]12. The minimum atomic E-state index is -2.51. The number of carbonyl (C=O) groups excluding carboxylic acids is 1. The number of carbonyl (C=O) groups is 4. The maximum Gasteiger partial charge on any atom is 0.309 e. The lowest BCUT2D eigenvalue weighted by Gasteiger charge is -2.70. The first-order valence-corrected chi connectivity index (χ1v) is 20.0. The van der Waals surface area contributed by atoms with Crippen LogP contribution < -0.4 is 0 Å². The Morgan fingerprint density at radius 2 is 1.40 bits per heavy atom. The second kappa shape index (κ2) is 15.3. The first kappa shape index (κ1) is 44.6. The predicted molar refractivity (Wildman–Crippen MR) is 202 cm³/mol. The fourth-order valence-electron chi connectivity index (χ4n) is 12.2. The second-order valence-electron chi connectivity index (χ2n) is 19.5. The summed E-state index contributed by atoms with van der Waals surface area (Å²) in [5.41, 5.74) is -1.79. The smallest absolute Gasteiger partial charge is 0.309 e. The average molecular weight is 807 g/mol. The summed E-state index contributed by atoms with van der Waals surface area (Å²) in [6, 6.07) is 0. The summed E-state index contributed by atoms with van der Waals surface area (Å²) >= 11 is 0. The molecule has 0 radical (unpaired) electrons. The Kier molecular flexibility index (Phi) is 11.9. The van der Waals surface area contributed by atoms with Crippen LogP contribution in [0.5, 0.6) is 0 Å². The van der Waals surface area contributed by atoms with Crippen molar-refractivity contribution in [1.82, 2.24) is 0 Å². The number of aliphatic carboxylic acids is 3. The highest BCUT2D eigenvalue weighted by Crippen LogP contribution is 2.75. The summed E-state index contributed by atoms with van der Waals surface area (Å²) in [7, 11) is 0. The molecule has 0 aliphatic heterocycles. The van der Waals surface area contributed by atoms with Crippen molar-refractivity contribution in [2.45, 2.75) is 150 Å². The van der Waals surface area contributed by atoms with Gasteiger partial charge in [0.25, 0.3) is 6.29 Å². The van der Waals surface area contributed by atoms with Crippen molar-refractivity contribution < 1.29 is 74.6 Å². The Hall–Kier alpha value is -3.50. The largest absolute Gasteiger partial charge is 0.506 e. The fraction of sp³-hybridized carbons (Fsp3) is 0.762. The maximum absolute atomic E-state index is 14.7. The number of hydrogen-bond donors (Lipinski definition) is 9. The van der Waals surface area contributed by atoms with Gasteiger partial charge in [0.2, 0.25) is 12.0 Å². The molecular weight excluding hydrogens is 744 g/mol. The average Bonchev–Trinajstić information content (AvgIpc) is 3.09. The van der Waals surface area contributed by atoms with Crippen molar-refractivity contribution >= 4 is 23.7 Å². The molecule has 9 N–H and O–H groups in total. The van der Waals surface area contributed by atoms with Gasteiger partial charge in [0.15, 0.2) is 17.3 Å². The lowest BCUT2D eigenvalue weighted by molar-refractivity contribution is -0.240. The van der Waals surface area contributed by atoms with Crippen molar-refractivity contribution in [2.24, 2.45) is 50.2 Å². The molecule has 0 aromatic rings. The quantitative estimate of drug-likeness (QED) is 0.0878. The van der Waals surface area contributed by atoms with E-state index in [0.29, 0.717) is 25.7 Å². The van der Waals surface area contributed by atoms with Crippen molar-refractivity contribution in [3.8, 4) is 0 Å². The summed E-state index contributed by atoms with van der Waals surface area (Å²) in [5.74, 6) is -7.56. The van der Waals surface area contributed by atoms with Crippen molar-refractivity contribution in [2.75, 3.05) is 0 Å². The summed E-state index contributed by atoms with van der Waals surface area (Å²) in [5, 5.41) is 91.0. The first-order valence-electron chi connectivity index (χ1n) is 20.0. The van der Waals surface area contributed by atoms with Crippen LogP contribution in [-0.2, 0) is 28.7 Å². The Labute approximate surface area is 333 Å². The molecule has 0 unspecified atom stereocenters. The van der Waals surface area contributed by atoms with Crippen LogP contribution in [0.2, 0.25) is 0 Å². The molecule has 15 heteroatoms. The Morgan fingerprint density at radius 1 is 0.789 bits per heavy atom. The van der Waals surface area contributed by atoms with E-state index in [1.165, 1.54) is 0 Å². The minimum Gasteiger partial charge on any atom is -0.506 e. The van der Waals surface area contributed by atoms with E-state index in [9.17, 15) is 60.0 Å². The third-order valence-electron chi connectivity index (χ3n) is 15.7. The number of ether oxygens (including phenoxy) is 2. The van der Waals surface area contributed by atoms with E-state index < -0.39 is 101 Å². The number of aliphatic hydroxyl groups is 6. The Balaban J connectivity index is 1.42. The number of rotatable bonds is 13. The summed E-state index contributed by atoms with van der Waals surface area (Å²) in [6.07, 6.45) is -2.29. The number of hydrogen-bond acceptors (Lipinski definition) is 12. The number of ketones is 1. The van der Waals surface area contributed by atoms with E-state index >= 15 is 0 Å². The van der Waals surface area contributed by atoms with E-state index in [1.807, 2.05) is 26.8 Å². The predicted octanol–water partition coefficient (Wildman–Crippen LogP) is 4.97. The normalized spacial score (nSPS) is 40.0. The minimum absolute atomic E-state index is 0.0198. The fourth-order valence-corrected chi connectivity index (χ4v) is 12.2. The van der Waals surface area contributed by atoms with Crippen LogP contribution in [0.1, 0.15) is 119 Å². The molecule has 4 fully saturated rings. The molecule has 13 atom stereocenters. The van der Waals surface area contributed by atoms with Gasteiger partial charge in [-0.1, -0.05) is 47.1 Å². The topological polar surface area (TPSA) is 269 Å². The van der Waals surface area contributed by atoms with Crippen LogP contribution in [0.15, 0.2) is 35.0 Å². The van der Waals surface area contributed by atoms with Gasteiger partial charge < -0.3 is 55.4 Å². The van der Waals surface area contributed by atoms with Crippen molar-refractivity contribution in [1.29, 1.82) is 0 Å². The van der Waals surface area contributed by atoms with Crippen LogP contribution in [0.25, 0.3) is 0 Å². The second-order valence-corrected chi connectivity index (χ2v) is 19.5. The van der Waals surface area contributed by atoms with Gasteiger partial charge >= 0.3 is 17.9 Å². The molecule has 0 aromatic heterocycles. The zero-order valence-electron chi connectivity index (χ0n) is 34.0. The molecule has 0 bridgehead atoms. The lowest BCUT2D eigenvalue weighted by Crippen LogP contribution is -2.66. The van der Waals surface area contributed by atoms with E-state index in [0.717, 1.165) is 43.8 Å². The monoisotopic (exact) mass is 806 g/mol. The maximum atomic E-state index is 14.7. The standard InChI is InChI=1S/C42H62O15/c1-37(2)27-8-11-42(7)33(25(45)18-22-23-20-39(4,36(54)55)13-12-38(23,3)14-15-41(22,42)6)40(27,5)10-9-28(37)57-34(52)26(16-21(43)17-29(46)47)56-35(53)32(51)31(50)24(44)19-30(48)49/h16,18,21,23-24,27-28,33-35,43-44,50-53H,8-15,17,19-20H2,1-7H3,(H,46,47)(H,48,49)(H,54,55)/b26-16-,32-31-/t21-,23-,24+,27-,28-,33+,34+,35+,38+,39-,40-,41+,42+/m0/s1. The highest BCUT2D eigenvalue weighted by molar-refractivity contribution is 5.95. The summed E-state index contributed by atoms with van der Waals surface area (Å²) < 4.78 is 11.4. The van der Waals surface area contributed by atoms with Crippen molar-refractivity contribution in [3.63, 3.8) is 0 Å². The van der Waals surface area contributed by atoms with E-state index in [-0.39, 0.29) is 34.4 Å². The van der Waals surface area contributed by atoms with Gasteiger partial charge in [0.1, 0.15) is 6.10 Å². The van der Waals surface area contributed by atoms with E-state index in [2.05, 4.69) is 27.7 Å². The zero-order valence-corrected chi connectivity index (χ0v) is 34.0.